The summed E-state index contributed by atoms with van der Waals surface area (Å²) in [6, 6.07) is 4.44. The van der Waals surface area contributed by atoms with Gasteiger partial charge in [-0.3, -0.25) is 0 Å². The maximum atomic E-state index is 6.63. The van der Waals surface area contributed by atoms with Crippen molar-refractivity contribution in [3.05, 3.63) is 21.9 Å². The zero-order valence-corrected chi connectivity index (χ0v) is 11.4. The van der Waals surface area contributed by atoms with Gasteiger partial charge in [0.1, 0.15) is 0 Å². The second kappa shape index (κ2) is 4.50. The van der Waals surface area contributed by atoms with Crippen molar-refractivity contribution >= 4 is 11.3 Å². The van der Waals surface area contributed by atoms with Crippen LogP contribution in [0.15, 0.2) is 12.1 Å². The van der Waals surface area contributed by atoms with Crippen molar-refractivity contribution in [3.63, 3.8) is 0 Å². The lowest BCUT2D eigenvalue weighted by Gasteiger charge is -2.39. The zero-order chi connectivity index (χ0) is 11.8. The summed E-state index contributed by atoms with van der Waals surface area (Å²) in [7, 11) is 0. The third-order valence-electron chi connectivity index (χ3n) is 4.00. The Morgan fingerprint density at radius 2 is 2.19 bits per heavy atom. The molecule has 0 aromatic carbocycles. The van der Waals surface area contributed by atoms with E-state index in [1.165, 1.54) is 29.0 Å². The van der Waals surface area contributed by atoms with E-state index in [0.29, 0.717) is 0 Å². The molecule has 2 unspecified atom stereocenters. The highest BCUT2D eigenvalue weighted by molar-refractivity contribution is 7.12. The average molecular weight is 237 g/mol. The lowest BCUT2D eigenvalue weighted by atomic mass is 9.71. The first-order valence-corrected chi connectivity index (χ1v) is 7.19. The Morgan fingerprint density at radius 1 is 1.44 bits per heavy atom. The van der Waals surface area contributed by atoms with Crippen LogP contribution in [-0.2, 0) is 5.54 Å². The number of aryl methyl sites for hydroxylation is 1. The van der Waals surface area contributed by atoms with Gasteiger partial charge in [0.15, 0.2) is 0 Å². The van der Waals surface area contributed by atoms with Crippen molar-refractivity contribution in [1.29, 1.82) is 0 Å². The van der Waals surface area contributed by atoms with Crippen LogP contribution >= 0.6 is 11.3 Å². The Hall–Kier alpha value is -0.340. The molecule has 0 amide bonds. The smallest absolute Gasteiger partial charge is 0.0506 e. The first-order valence-electron chi connectivity index (χ1n) is 6.37. The van der Waals surface area contributed by atoms with Gasteiger partial charge in [-0.05, 0) is 43.7 Å². The van der Waals surface area contributed by atoms with Crippen LogP contribution in [0.5, 0.6) is 0 Å². The predicted octanol–water partition coefficient (Wildman–Crippen LogP) is 4.06. The quantitative estimate of drug-likeness (QED) is 0.825. The molecule has 1 aromatic heterocycles. The molecule has 1 aliphatic carbocycles. The molecule has 90 valence electrons. The summed E-state index contributed by atoms with van der Waals surface area (Å²) in [5.41, 5.74) is 6.60. The van der Waals surface area contributed by atoms with Crippen molar-refractivity contribution < 1.29 is 0 Å². The molecule has 1 saturated carbocycles. The molecule has 1 aliphatic rings. The molecular weight excluding hydrogens is 214 g/mol. The predicted molar refractivity (Wildman–Crippen MR) is 71.7 cm³/mol. The van der Waals surface area contributed by atoms with Gasteiger partial charge < -0.3 is 5.73 Å². The minimum absolute atomic E-state index is 0.0356. The zero-order valence-electron chi connectivity index (χ0n) is 10.6. The molecule has 2 atom stereocenters. The normalized spacial score (nSPS) is 30.9. The fraction of sp³-hybridized carbons (Fsp3) is 0.714. The van der Waals surface area contributed by atoms with E-state index >= 15 is 0 Å². The van der Waals surface area contributed by atoms with E-state index in [9.17, 15) is 0 Å². The molecule has 2 rings (SSSR count). The van der Waals surface area contributed by atoms with E-state index in [1.807, 2.05) is 11.3 Å². The van der Waals surface area contributed by atoms with Crippen LogP contribution in [0, 0.1) is 18.8 Å². The standard InChI is InChI=1S/C14H23NS/c1-10(2)12-5-4-8-14(15,9-12)13-7-6-11(3)16-13/h6-7,10,12H,4-5,8-9,15H2,1-3H3. The summed E-state index contributed by atoms with van der Waals surface area (Å²) in [6.07, 6.45) is 4.98. The molecule has 0 aliphatic heterocycles. The average Bonchev–Trinajstić information content (AvgIpc) is 2.65. The highest BCUT2D eigenvalue weighted by atomic mass is 32.1. The Labute approximate surface area is 103 Å². The molecule has 0 bridgehead atoms. The fourth-order valence-electron chi connectivity index (χ4n) is 2.85. The molecule has 1 fully saturated rings. The molecule has 0 radical (unpaired) electrons. The Morgan fingerprint density at radius 3 is 2.75 bits per heavy atom. The van der Waals surface area contributed by atoms with Crippen molar-refractivity contribution in [2.75, 3.05) is 0 Å². The summed E-state index contributed by atoms with van der Waals surface area (Å²) in [6.45, 7) is 6.83. The first kappa shape index (κ1) is 12.1. The summed E-state index contributed by atoms with van der Waals surface area (Å²) in [5.74, 6) is 1.57. The topological polar surface area (TPSA) is 26.0 Å². The minimum Gasteiger partial charge on any atom is -0.321 e. The molecule has 1 heterocycles. The van der Waals surface area contributed by atoms with E-state index in [0.717, 1.165) is 18.3 Å². The summed E-state index contributed by atoms with van der Waals surface area (Å²) < 4.78 is 0. The molecule has 16 heavy (non-hydrogen) atoms. The SMILES string of the molecule is Cc1ccc(C2(N)CCCC(C(C)C)C2)s1. The van der Waals surface area contributed by atoms with Crippen LogP contribution in [0.4, 0.5) is 0 Å². The molecule has 2 heteroatoms. The van der Waals surface area contributed by atoms with Crippen LogP contribution in [0.3, 0.4) is 0 Å². The van der Waals surface area contributed by atoms with Gasteiger partial charge in [0.05, 0.1) is 5.54 Å². The first-order chi connectivity index (χ1) is 7.51. The molecular formula is C14H23NS. The summed E-state index contributed by atoms with van der Waals surface area (Å²) >= 11 is 1.88. The van der Waals surface area contributed by atoms with Gasteiger partial charge in [-0.25, -0.2) is 0 Å². The fourth-order valence-corrected chi connectivity index (χ4v) is 3.85. The lowest BCUT2D eigenvalue weighted by Crippen LogP contribution is -2.41. The highest BCUT2D eigenvalue weighted by Crippen LogP contribution is 2.42. The van der Waals surface area contributed by atoms with Crippen molar-refractivity contribution in [2.24, 2.45) is 17.6 Å². The van der Waals surface area contributed by atoms with Crippen molar-refractivity contribution in [2.45, 2.75) is 52.0 Å². The number of thiophene rings is 1. The van der Waals surface area contributed by atoms with Gasteiger partial charge in [0.25, 0.3) is 0 Å². The maximum Gasteiger partial charge on any atom is 0.0506 e. The highest BCUT2D eigenvalue weighted by Gasteiger charge is 2.36. The van der Waals surface area contributed by atoms with Crippen LogP contribution in [0.2, 0.25) is 0 Å². The molecule has 1 aromatic rings. The molecule has 1 nitrogen and oxygen atoms in total. The van der Waals surface area contributed by atoms with Crippen LogP contribution in [0.1, 0.15) is 49.3 Å². The third kappa shape index (κ3) is 2.33. The molecule has 2 N–H and O–H groups in total. The van der Waals surface area contributed by atoms with Crippen LogP contribution < -0.4 is 5.73 Å². The second-order valence-electron chi connectivity index (χ2n) is 5.67. The number of hydrogen-bond donors (Lipinski definition) is 1. The maximum absolute atomic E-state index is 6.63. The van der Waals surface area contributed by atoms with Gasteiger partial charge in [-0.1, -0.05) is 26.7 Å². The van der Waals surface area contributed by atoms with E-state index in [-0.39, 0.29) is 5.54 Å². The summed E-state index contributed by atoms with van der Waals surface area (Å²) in [4.78, 5) is 2.78. The Balaban J connectivity index is 2.18. The van der Waals surface area contributed by atoms with Crippen molar-refractivity contribution in [1.82, 2.24) is 0 Å². The Bertz CT molecular complexity index is 355. The largest absolute Gasteiger partial charge is 0.321 e. The van der Waals surface area contributed by atoms with Crippen molar-refractivity contribution in [3.8, 4) is 0 Å². The number of nitrogens with two attached hydrogens (primary N) is 1. The van der Waals surface area contributed by atoms with Crippen LogP contribution in [0.25, 0.3) is 0 Å². The monoisotopic (exact) mass is 237 g/mol. The van der Waals surface area contributed by atoms with Crippen LogP contribution in [-0.4, -0.2) is 0 Å². The van der Waals surface area contributed by atoms with Gasteiger partial charge in [-0.2, -0.15) is 0 Å². The molecule has 0 spiro atoms. The van der Waals surface area contributed by atoms with Gasteiger partial charge in [0, 0.05) is 9.75 Å². The van der Waals surface area contributed by atoms with Gasteiger partial charge in [-0.15, -0.1) is 11.3 Å². The van der Waals surface area contributed by atoms with E-state index in [1.54, 1.807) is 0 Å². The van der Waals surface area contributed by atoms with E-state index in [4.69, 9.17) is 5.73 Å². The minimum atomic E-state index is -0.0356. The van der Waals surface area contributed by atoms with E-state index in [2.05, 4.69) is 32.9 Å². The molecule has 0 saturated heterocycles. The van der Waals surface area contributed by atoms with Gasteiger partial charge >= 0.3 is 0 Å². The van der Waals surface area contributed by atoms with E-state index < -0.39 is 0 Å². The second-order valence-corrected chi connectivity index (χ2v) is 6.95. The van der Waals surface area contributed by atoms with Gasteiger partial charge in [0.2, 0.25) is 0 Å². The number of hydrogen-bond acceptors (Lipinski definition) is 2. The summed E-state index contributed by atoms with van der Waals surface area (Å²) in [5, 5.41) is 0. The Kier molecular flexibility index (Phi) is 3.41. The number of rotatable bonds is 2. The third-order valence-corrected chi connectivity index (χ3v) is 5.22. The lowest BCUT2D eigenvalue weighted by molar-refractivity contribution is 0.186.